The molecule has 2 aromatic rings. The Morgan fingerprint density at radius 3 is 2.40 bits per heavy atom. The number of nitrogens with zero attached hydrogens (tertiary/aromatic N) is 2. The molecule has 0 radical (unpaired) electrons. The summed E-state index contributed by atoms with van der Waals surface area (Å²) in [4.78, 5) is 61.0. The number of aromatic nitrogens is 1. The fourth-order valence-electron chi connectivity index (χ4n) is 6.99. The number of nitrogens with one attached hydrogen (secondary N) is 3. The standard InChI is InChI=1S/C36H46ClN5O10S/c1-6-20-18-36(20,33(45)41-53(47,48)52-22-11-12-22)40-30(43)26-17-23(50-31-25-13-14-27(49-5)28(37)24(25)15-16-38-31)19-42(26)32(44)29(35(2,3)4)39-34(46)51-21-9-7-8-10-21/h6,13-16,20-23,26,29H,1,7-12,17-19H2,2-5H3,(H,39,46)(H,40,43)(H,41,45)/t20-,23-,26+,29-,36-/m1/s1. The van der Waals surface area contributed by atoms with Crippen LogP contribution in [0.1, 0.15) is 72.1 Å². The van der Waals surface area contributed by atoms with Gasteiger partial charge in [0.15, 0.2) is 0 Å². The molecule has 1 aromatic carbocycles. The molecule has 4 amide bonds. The SMILES string of the molecule is C=C[C@@H]1C[C@]1(NC(=O)[C@@H]1C[C@@H](Oc2nccc3c(Cl)c(OC)ccc23)CN1C(=O)[C@@H](NC(=O)OC1CCCC1)C(C)(C)C)C(=O)NS(=O)(=O)OC1CC1. The van der Waals surface area contributed by atoms with Crippen molar-refractivity contribution < 1.29 is 46.0 Å². The summed E-state index contributed by atoms with van der Waals surface area (Å²) in [7, 11) is -2.93. The maximum absolute atomic E-state index is 14.5. The molecule has 3 N–H and O–H groups in total. The number of carbonyl (C=O) groups is 4. The van der Waals surface area contributed by atoms with E-state index in [9.17, 15) is 27.6 Å². The van der Waals surface area contributed by atoms with Crippen molar-refractivity contribution in [3.63, 3.8) is 0 Å². The summed E-state index contributed by atoms with van der Waals surface area (Å²) in [5, 5.41) is 7.03. The third kappa shape index (κ3) is 8.49. The van der Waals surface area contributed by atoms with Crippen LogP contribution in [0.15, 0.2) is 37.1 Å². The van der Waals surface area contributed by atoms with E-state index in [-0.39, 0.29) is 31.4 Å². The smallest absolute Gasteiger partial charge is 0.408 e. The fraction of sp³-hybridized carbons (Fsp3) is 0.583. The first-order valence-electron chi connectivity index (χ1n) is 17.8. The first-order chi connectivity index (χ1) is 25.0. The number of carbonyl (C=O) groups excluding carboxylic acids is 4. The average Bonchev–Trinajstić information content (AvgIpc) is 3.92. The molecule has 1 saturated heterocycles. The lowest BCUT2D eigenvalue weighted by molar-refractivity contribution is -0.143. The van der Waals surface area contributed by atoms with Crippen LogP contribution in [0.3, 0.4) is 0 Å². The zero-order valence-corrected chi connectivity index (χ0v) is 31.8. The maximum Gasteiger partial charge on any atom is 0.408 e. The number of benzene rings is 1. The van der Waals surface area contributed by atoms with Crippen LogP contribution in [0.5, 0.6) is 11.6 Å². The van der Waals surface area contributed by atoms with Gasteiger partial charge in [-0.15, -0.1) is 6.58 Å². The maximum atomic E-state index is 14.5. The second-order valence-corrected chi connectivity index (χ2v) is 16.9. The van der Waals surface area contributed by atoms with Gasteiger partial charge in [0, 0.05) is 29.3 Å². The molecule has 6 rings (SSSR count). The van der Waals surface area contributed by atoms with Crippen LogP contribution >= 0.6 is 11.6 Å². The van der Waals surface area contributed by atoms with Crippen LogP contribution in [0.25, 0.3) is 10.8 Å². The monoisotopic (exact) mass is 775 g/mol. The van der Waals surface area contributed by atoms with Gasteiger partial charge in [-0.3, -0.25) is 18.6 Å². The summed E-state index contributed by atoms with van der Waals surface area (Å²) in [5.41, 5.74) is -2.47. The van der Waals surface area contributed by atoms with Gasteiger partial charge in [0.25, 0.3) is 5.91 Å². The average molecular weight is 776 g/mol. The van der Waals surface area contributed by atoms with E-state index >= 15 is 0 Å². The van der Waals surface area contributed by atoms with E-state index in [1.54, 1.807) is 39.0 Å². The number of rotatable bonds is 13. The molecule has 3 aliphatic carbocycles. The molecule has 4 fully saturated rings. The summed E-state index contributed by atoms with van der Waals surface area (Å²) < 4.78 is 49.4. The van der Waals surface area contributed by atoms with Crippen LogP contribution in [-0.4, -0.2) is 91.7 Å². The Labute approximate surface area is 313 Å². The highest BCUT2D eigenvalue weighted by Crippen LogP contribution is 2.45. The molecule has 5 atom stereocenters. The first kappa shape index (κ1) is 38.6. The van der Waals surface area contributed by atoms with Gasteiger partial charge < -0.3 is 29.7 Å². The minimum atomic E-state index is -4.43. The van der Waals surface area contributed by atoms with Crippen molar-refractivity contribution in [3.05, 3.63) is 42.1 Å². The van der Waals surface area contributed by atoms with Crippen molar-refractivity contribution in [2.75, 3.05) is 13.7 Å². The zero-order chi connectivity index (χ0) is 38.3. The van der Waals surface area contributed by atoms with Crippen LogP contribution in [0.4, 0.5) is 4.79 Å². The number of hydrogen-bond acceptors (Lipinski definition) is 11. The van der Waals surface area contributed by atoms with E-state index in [4.69, 9.17) is 30.0 Å². The Kier molecular flexibility index (Phi) is 10.9. The minimum absolute atomic E-state index is 0.0253. The molecule has 3 saturated carbocycles. The number of likely N-dealkylation sites (tertiary alicyclic amines) is 1. The van der Waals surface area contributed by atoms with Crippen LogP contribution < -0.4 is 24.8 Å². The second kappa shape index (κ2) is 14.9. The topological polar surface area (TPSA) is 192 Å². The number of fused-ring (bicyclic) bond motifs is 1. The number of ether oxygens (including phenoxy) is 3. The molecule has 2 heterocycles. The number of pyridine rings is 1. The highest BCUT2D eigenvalue weighted by molar-refractivity contribution is 7.85. The Bertz CT molecular complexity index is 1890. The molecule has 0 spiro atoms. The van der Waals surface area contributed by atoms with E-state index in [1.165, 1.54) is 24.3 Å². The first-order valence-corrected chi connectivity index (χ1v) is 19.6. The van der Waals surface area contributed by atoms with Crippen LogP contribution in [0, 0.1) is 11.3 Å². The number of halogens is 1. The van der Waals surface area contributed by atoms with Crippen molar-refractivity contribution in [1.29, 1.82) is 0 Å². The molecule has 0 bridgehead atoms. The summed E-state index contributed by atoms with van der Waals surface area (Å²) >= 11 is 6.57. The molecule has 1 aromatic heterocycles. The van der Waals surface area contributed by atoms with Gasteiger partial charge in [-0.1, -0.05) is 38.4 Å². The van der Waals surface area contributed by atoms with E-state index in [1.807, 2.05) is 4.72 Å². The predicted molar refractivity (Wildman–Crippen MR) is 193 cm³/mol. The molecule has 1 aliphatic heterocycles. The van der Waals surface area contributed by atoms with Gasteiger partial charge >= 0.3 is 16.4 Å². The van der Waals surface area contributed by atoms with Crippen LogP contribution in [0.2, 0.25) is 5.02 Å². The molecular formula is C36H46ClN5O10S. The second-order valence-electron chi connectivity index (χ2n) is 15.2. The zero-order valence-electron chi connectivity index (χ0n) is 30.2. The third-order valence-electron chi connectivity index (χ3n) is 10.2. The lowest BCUT2D eigenvalue weighted by Crippen LogP contribution is -2.60. The molecule has 17 heteroatoms. The summed E-state index contributed by atoms with van der Waals surface area (Å²) in [6.45, 7) is 9.01. The van der Waals surface area contributed by atoms with Gasteiger partial charge in [-0.25, -0.2) is 14.5 Å². The molecule has 4 aliphatic rings. The van der Waals surface area contributed by atoms with E-state index < -0.39 is 75.3 Å². The van der Waals surface area contributed by atoms with Gasteiger partial charge in [-0.2, -0.15) is 8.42 Å². The minimum Gasteiger partial charge on any atom is -0.495 e. The summed E-state index contributed by atoms with van der Waals surface area (Å²) in [6.07, 6.45) is 5.27. The quantitative estimate of drug-likeness (QED) is 0.250. The van der Waals surface area contributed by atoms with Gasteiger partial charge in [0.1, 0.15) is 35.6 Å². The Morgan fingerprint density at radius 2 is 1.77 bits per heavy atom. The predicted octanol–water partition coefficient (Wildman–Crippen LogP) is 3.93. The lowest BCUT2D eigenvalue weighted by Gasteiger charge is -2.35. The number of methoxy groups -OCH3 is 1. The highest BCUT2D eigenvalue weighted by Gasteiger charge is 2.62. The molecule has 0 unspecified atom stereocenters. The number of hydrogen-bond donors (Lipinski definition) is 3. The van der Waals surface area contributed by atoms with Crippen molar-refractivity contribution in [1.82, 2.24) is 25.2 Å². The summed E-state index contributed by atoms with van der Waals surface area (Å²) in [5.74, 6) is -2.18. The van der Waals surface area contributed by atoms with Crippen molar-refractivity contribution in [2.24, 2.45) is 11.3 Å². The van der Waals surface area contributed by atoms with Crippen molar-refractivity contribution >= 4 is 56.5 Å². The van der Waals surface area contributed by atoms with Gasteiger partial charge in [0.2, 0.25) is 17.7 Å². The Hall–Kier alpha value is -4.15. The third-order valence-corrected chi connectivity index (χ3v) is 11.5. The van der Waals surface area contributed by atoms with Crippen molar-refractivity contribution in [2.45, 2.75) is 108 Å². The fourth-order valence-corrected chi connectivity index (χ4v) is 8.30. The lowest BCUT2D eigenvalue weighted by atomic mass is 9.85. The van der Waals surface area contributed by atoms with E-state index in [0.717, 1.165) is 25.7 Å². The highest BCUT2D eigenvalue weighted by atomic mass is 35.5. The Morgan fingerprint density at radius 1 is 1.06 bits per heavy atom. The molecule has 15 nitrogen and oxygen atoms in total. The van der Waals surface area contributed by atoms with E-state index in [0.29, 0.717) is 34.4 Å². The normalized spacial score (nSPS) is 25.0. The summed E-state index contributed by atoms with van der Waals surface area (Å²) in [6, 6.07) is 2.82. The van der Waals surface area contributed by atoms with Gasteiger partial charge in [0.05, 0.1) is 24.8 Å². The molecule has 53 heavy (non-hydrogen) atoms. The van der Waals surface area contributed by atoms with Gasteiger partial charge in [-0.05, 0) is 68.6 Å². The Balaban J connectivity index is 1.27. The number of amides is 4. The largest absolute Gasteiger partial charge is 0.495 e. The van der Waals surface area contributed by atoms with E-state index in [2.05, 4.69) is 22.2 Å². The molecular weight excluding hydrogens is 730 g/mol. The van der Waals surface area contributed by atoms with Crippen molar-refractivity contribution in [3.8, 4) is 11.6 Å². The molecule has 288 valence electrons. The van der Waals surface area contributed by atoms with Crippen LogP contribution in [-0.2, 0) is 33.6 Å². The number of alkyl carbamates (subject to hydrolysis) is 1.